The van der Waals surface area contributed by atoms with Gasteiger partial charge in [-0.1, -0.05) is 46.3 Å². The summed E-state index contributed by atoms with van der Waals surface area (Å²) in [6.07, 6.45) is 0. The standard InChI is InChI=1S/C20H20BrNO2/c1-13(21)18(23)15-9-10-17-16(11-15)20(2,3)19(24)22(17)12-14-7-5-4-6-8-14/h4-11,13H,12H2,1-3H3. The first-order chi connectivity index (χ1) is 11.3. The summed E-state index contributed by atoms with van der Waals surface area (Å²) in [4.78, 5) is 26.8. The number of amides is 1. The topological polar surface area (TPSA) is 37.4 Å². The van der Waals surface area contributed by atoms with Crippen LogP contribution >= 0.6 is 15.9 Å². The van der Waals surface area contributed by atoms with Crippen molar-refractivity contribution >= 4 is 33.3 Å². The fourth-order valence-electron chi connectivity index (χ4n) is 3.14. The first kappa shape index (κ1) is 16.9. The van der Waals surface area contributed by atoms with E-state index in [4.69, 9.17) is 0 Å². The Labute approximate surface area is 150 Å². The number of ketones is 1. The monoisotopic (exact) mass is 385 g/mol. The minimum Gasteiger partial charge on any atom is -0.307 e. The zero-order chi connectivity index (χ0) is 17.5. The molecule has 0 aromatic heterocycles. The lowest BCUT2D eigenvalue weighted by molar-refractivity contribution is -0.122. The molecule has 1 aliphatic rings. The third-order valence-corrected chi connectivity index (χ3v) is 4.99. The maximum absolute atomic E-state index is 12.9. The molecular formula is C20H20BrNO2. The molecule has 1 heterocycles. The van der Waals surface area contributed by atoms with E-state index in [0.717, 1.165) is 16.8 Å². The number of carbonyl (C=O) groups is 2. The average Bonchev–Trinajstić information content (AvgIpc) is 2.76. The largest absolute Gasteiger partial charge is 0.307 e. The number of rotatable bonds is 4. The molecule has 3 rings (SSSR count). The van der Waals surface area contributed by atoms with Crippen molar-refractivity contribution in [2.24, 2.45) is 0 Å². The predicted molar refractivity (Wildman–Crippen MR) is 99.8 cm³/mol. The van der Waals surface area contributed by atoms with Crippen molar-refractivity contribution in [1.29, 1.82) is 0 Å². The summed E-state index contributed by atoms with van der Waals surface area (Å²) in [6.45, 7) is 6.20. The summed E-state index contributed by atoms with van der Waals surface area (Å²) in [6, 6.07) is 15.5. The van der Waals surface area contributed by atoms with E-state index >= 15 is 0 Å². The molecule has 0 radical (unpaired) electrons. The van der Waals surface area contributed by atoms with Gasteiger partial charge < -0.3 is 4.90 Å². The summed E-state index contributed by atoms with van der Waals surface area (Å²) in [5, 5.41) is 0. The van der Waals surface area contributed by atoms with E-state index in [-0.39, 0.29) is 16.5 Å². The first-order valence-corrected chi connectivity index (χ1v) is 8.92. The number of hydrogen-bond acceptors (Lipinski definition) is 2. The lowest BCUT2D eigenvalue weighted by atomic mass is 9.85. The Morgan fingerprint density at radius 1 is 1.17 bits per heavy atom. The van der Waals surface area contributed by atoms with Crippen LogP contribution < -0.4 is 4.90 Å². The number of fused-ring (bicyclic) bond motifs is 1. The quantitative estimate of drug-likeness (QED) is 0.574. The normalized spacial score (nSPS) is 16.8. The van der Waals surface area contributed by atoms with E-state index in [1.165, 1.54) is 0 Å². The second-order valence-corrected chi connectivity index (χ2v) is 8.09. The molecule has 0 saturated heterocycles. The predicted octanol–water partition coefficient (Wildman–Crippen LogP) is 4.48. The van der Waals surface area contributed by atoms with Crippen molar-refractivity contribution in [3.8, 4) is 0 Å². The van der Waals surface area contributed by atoms with Crippen molar-refractivity contribution in [3.63, 3.8) is 0 Å². The Bertz CT molecular complexity index is 797. The van der Waals surface area contributed by atoms with Gasteiger partial charge in [-0.2, -0.15) is 0 Å². The molecule has 24 heavy (non-hydrogen) atoms. The third-order valence-electron chi connectivity index (χ3n) is 4.57. The molecule has 2 aromatic carbocycles. The first-order valence-electron chi connectivity index (χ1n) is 8.01. The second kappa shape index (κ2) is 6.17. The van der Waals surface area contributed by atoms with E-state index in [9.17, 15) is 9.59 Å². The van der Waals surface area contributed by atoms with Gasteiger partial charge in [-0.15, -0.1) is 0 Å². The second-order valence-electron chi connectivity index (χ2n) is 6.71. The van der Waals surface area contributed by atoms with Gasteiger partial charge in [-0.25, -0.2) is 0 Å². The molecule has 0 N–H and O–H groups in total. The fraction of sp³-hybridized carbons (Fsp3) is 0.300. The van der Waals surface area contributed by atoms with Crippen LogP contribution in [0.1, 0.15) is 42.3 Å². The highest BCUT2D eigenvalue weighted by atomic mass is 79.9. The molecule has 1 atom stereocenters. The van der Waals surface area contributed by atoms with Gasteiger partial charge in [0.25, 0.3) is 0 Å². The molecule has 0 saturated carbocycles. The number of anilines is 1. The molecule has 1 amide bonds. The Balaban J connectivity index is 2.02. The van der Waals surface area contributed by atoms with Gasteiger partial charge in [0, 0.05) is 11.3 Å². The van der Waals surface area contributed by atoms with Crippen LogP contribution in [0.15, 0.2) is 48.5 Å². The molecule has 124 valence electrons. The van der Waals surface area contributed by atoms with E-state index < -0.39 is 5.41 Å². The number of benzene rings is 2. The lowest BCUT2D eigenvalue weighted by Gasteiger charge is -2.20. The summed E-state index contributed by atoms with van der Waals surface area (Å²) in [5.41, 5.74) is 2.91. The van der Waals surface area contributed by atoms with Crippen molar-refractivity contribution in [3.05, 3.63) is 65.2 Å². The van der Waals surface area contributed by atoms with E-state index in [1.54, 1.807) is 0 Å². The number of hydrogen-bond donors (Lipinski definition) is 0. The number of nitrogens with zero attached hydrogens (tertiary/aromatic N) is 1. The Kier molecular flexibility index (Phi) is 4.35. The fourth-order valence-corrected chi connectivity index (χ4v) is 3.40. The van der Waals surface area contributed by atoms with Crippen LogP contribution in [0.4, 0.5) is 5.69 Å². The summed E-state index contributed by atoms with van der Waals surface area (Å²) in [5.74, 6) is 0.0976. The van der Waals surface area contributed by atoms with Crippen LogP contribution in [0.2, 0.25) is 0 Å². The highest BCUT2D eigenvalue weighted by molar-refractivity contribution is 9.10. The molecule has 1 unspecified atom stereocenters. The van der Waals surface area contributed by atoms with Crippen LogP contribution in [-0.4, -0.2) is 16.5 Å². The van der Waals surface area contributed by atoms with Crippen LogP contribution in [-0.2, 0) is 16.8 Å². The summed E-state index contributed by atoms with van der Waals surface area (Å²) < 4.78 is 0. The van der Waals surface area contributed by atoms with Crippen molar-refractivity contribution < 1.29 is 9.59 Å². The Morgan fingerprint density at radius 3 is 2.46 bits per heavy atom. The average molecular weight is 386 g/mol. The van der Waals surface area contributed by atoms with Gasteiger partial charge in [-0.3, -0.25) is 9.59 Å². The highest BCUT2D eigenvalue weighted by Crippen LogP contribution is 2.42. The molecule has 1 aliphatic heterocycles. The maximum Gasteiger partial charge on any atom is 0.237 e. The summed E-state index contributed by atoms with van der Waals surface area (Å²) in [7, 11) is 0. The van der Waals surface area contributed by atoms with Crippen LogP contribution in [0.5, 0.6) is 0 Å². The van der Waals surface area contributed by atoms with E-state index in [2.05, 4.69) is 15.9 Å². The van der Waals surface area contributed by atoms with E-state index in [0.29, 0.717) is 12.1 Å². The van der Waals surface area contributed by atoms with Crippen LogP contribution in [0, 0.1) is 0 Å². The lowest BCUT2D eigenvalue weighted by Crippen LogP contribution is -2.35. The molecule has 0 spiro atoms. The molecular weight excluding hydrogens is 366 g/mol. The van der Waals surface area contributed by atoms with Gasteiger partial charge in [0.05, 0.1) is 16.8 Å². The van der Waals surface area contributed by atoms with Crippen molar-refractivity contribution in [2.45, 2.75) is 37.6 Å². The maximum atomic E-state index is 12.9. The highest BCUT2D eigenvalue weighted by Gasteiger charge is 2.44. The van der Waals surface area contributed by atoms with E-state index in [1.807, 2.05) is 74.2 Å². The van der Waals surface area contributed by atoms with Gasteiger partial charge >= 0.3 is 0 Å². The zero-order valence-electron chi connectivity index (χ0n) is 14.0. The molecule has 0 bridgehead atoms. The molecule has 0 aliphatic carbocycles. The minimum atomic E-state index is -0.629. The molecule has 2 aromatic rings. The van der Waals surface area contributed by atoms with Crippen LogP contribution in [0.3, 0.4) is 0 Å². The molecule has 4 heteroatoms. The van der Waals surface area contributed by atoms with Crippen molar-refractivity contribution in [1.82, 2.24) is 0 Å². The number of halogens is 1. The van der Waals surface area contributed by atoms with Gasteiger partial charge in [0.1, 0.15) is 0 Å². The number of carbonyl (C=O) groups excluding carboxylic acids is 2. The number of Topliss-reactive ketones (excluding diaryl/α,β-unsaturated/α-hetero) is 1. The van der Waals surface area contributed by atoms with Gasteiger partial charge in [0.15, 0.2) is 5.78 Å². The zero-order valence-corrected chi connectivity index (χ0v) is 15.6. The summed E-state index contributed by atoms with van der Waals surface area (Å²) >= 11 is 3.33. The smallest absolute Gasteiger partial charge is 0.237 e. The third kappa shape index (κ3) is 2.80. The molecule has 0 fully saturated rings. The van der Waals surface area contributed by atoms with Gasteiger partial charge in [-0.05, 0) is 50.1 Å². The molecule has 3 nitrogen and oxygen atoms in total. The van der Waals surface area contributed by atoms with Crippen molar-refractivity contribution in [2.75, 3.05) is 4.90 Å². The van der Waals surface area contributed by atoms with Crippen LogP contribution in [0.25, 0.3) is 0 Å². The number of alkyl halides is 1. The SMILES string of the molecule is CC(Br)C(=O)c1ccc2c(c1)C(C)(C)C(=O)N2Cc1ccccc1. The Morgan fingerprint density at radius 2 is 1.83 bits per heavy atom. The Hall–Kier alpha value is -1.94. The van der Waals surface area contributed by atoms with Gasteiger partial charge in [0.2, 0.25) is 5.91 Å². The minimum absolute atomic E-state index is 0.0301.